The van der Waals surface area contributed by atoms with Gasteiger partial charge in [0, 0.05) is 19.1 Å². The van der Waals surface area contributed by atoms with Crippen LogP contribution in [0, 0.1) is 5.82 Å². The molecule has 0 aliphatic rings. The Bertz CT molecular complexity index is 386. The van der Waals surface area contributed by atoms with Crippen LogP contribution >= 0.6 is 0 Å². The van der Waals surface area contributed by atoms with E-state index in [0.717, 1.165) is 25.9 Å². The van der Waals surface area contributed by atoms with E-state index in [1.807, 2.05) is 31.9 Å². The lowest BCUT2D eigenvalue weighted by Gasteiger charge is -2.29. The molecular weight excluding hydrogens is 243 g/mol. The summed E-state index contributed by atoms with van der Waals surface area (Å²) >= 11 is 0. The molecule has 0 aliphatic carbocycles. The fraction of sp³-hybridized carbons (Fsp3) is 0.600. The van der Waals surface area contributed by atoms with E-state index in [0.29, 0.717) is 5.69 Å². The third-order valence-corrected chi connectivity index (χ3v) is 3.44. The predicted octanol–water partition coefficient (Wildman–Crippen LogP) is 2.40. The molecule has 0 bridgehead atoms. The molecule has 1 rings (SSSR count). The molecule has 1 unspecified atom stereocenters. The highest BCUT2D eigenvalue weighted by atomic mass is 19.1. The average Bonchev–Trinajstić information content (AvgIpc) is 2.39. The number of aliphatic hydroxyl groups excluding tert-OH is 1. The van der Waals surface area contributed by atoms with Crippen molar-refractivity contribution in [2.45, 2.75) is 32.2 Å². The van der Waals surface area contributed by atoms with Gasteiger partial charge in [0.05, 0.1) is 12.3 Å². The largest absolute Gasteiger partial charge is 0.394 e. The quantitative estimate of drug-likeness (QED) is 0.760. The Hall–Kier alpha value is -1.13. The second-order valence-electron chi connectivity index (χ2n) is 5.23. The third-order valence-electron chi connectivity index (χ3n) is 3.44. The van der Waals surface area contributed by atoms with Crippen molar-refractivity contribution in [3.05, 3.63) is 30.1 Å². The van der Waals surface area contributed by atoms with Crippen LogP contribution in [0.5, 0.6) is 0 Å². The Labute approximate surface area is 115 Å². The summed E-state index contributed by atoms with van der Waals surface area (Å²) in [5, 5.41) is 12.7. The highest BCUT2D eigenvalue weighted by molar-refractivity contribution is 5.46. The molecular formula is C15H25FN2O. The van der Waals surface area contributed by atoms with Gasteiger partial charge in [-0.2, -0.15) is 0 Å². The molecule has 1 aromatic rings. The number of likely N-dealkylation sites (N-methyl/N-ethyl adjacent to an activating group) is 1. The van der Waals surface area contributed by atoms with E-state index in [1.165, 1.54) is 6.07 Å². The van der Waals surface area contributed by atoms with Gasteiger partial charge in [-0.25, -0.2) is 4.39 Å². The van der Waals surface area contributed by atoms with Gasteiger partial charge in [-0.1, -0.05) is 19.1 Å². The van der Waals surface area contributed by atoms with E-state index < -0.39 is 0 Å². The molecule has 0 aromatic heterocycles. The number of halogens is 1. The monoisotopic (exact) mass is 268 g/mol. The molecule has 19 heavy (non-hydrogen) atoms. The Kier molecular flexibility index (Phi) is 6.25. The molecule has 0 amide bonds. The summed E-state index contributed by atoms with van der Waals surface area (Å²) in [4.78, 5) is 1.92. The number of hydrogen-bond acceptors (Lipinski definition) is 3. The fourth-order valence-corrected chi connectivity index (χ4v) is 2.24. The summed E-state index contributed by atoms with van der Waals surface area (Å²) < 4.78 is 13.6. The maximum absolute atomic E-state index is 13.6. The summed E-state index contributed by atoms with van der Waals surface area (Å²) in [5.74, 6) is -0.193. The summed E-state index contributed by atoms with van der Waals surface area (Å²) in [7, 11) is 1.89. The summed E-state index contributed by atoms with van der Waals surface area (Å²) in [6.07, 6.45) is 1.75. The number of nitrogens with one attached hydrogen (secondary N) is 1. The van der Waals surface area contributed by atoms with E-state index in [-0.39, 0.29) is 18.0 Å². The smallest absolute Gasteiger partial charge is 0.146 e. The topological polar surface area (TPSA) is 35.5 Å². The lowest BCUT2D eigenvalue weighted by molar-refractivity contribution is 0.166. The van der Waals surface area contributed by atoms with Gasteiger partial charge in [0.1, 0.15) is 5.82 Å². The minimum absolute atomic E-state index is 0.115. The molecule has 4 heteroatoms. The van der Waals surface area contributed by atoms with E-state index in [4.69, 9.17) is 0 Å². The van der Waals surface area contributed by atoms with Gasteiger partial charge >= 0.3 is 0 Å². The van der Waals surface area contributed by atoms with E-state index in [9.17, 15) is 9.50 Å². The van der Waals surface area contributed by atoms with Crippen LogP contribution in [0.1, 0.15) is 26.7 Å². The van der Waals surface area contributed by atoms with Crippen LogP contribution in [-0.4, -0.2) is 37.4 Å². The average molecular weight is 268 g/mol. The van der Waals surface area contributed by atoms with E-state index >= 15 is 0 Å². The highest BCUT2D eigenvalue weighted by Crippen LogP contribution is 2.18. The van der Waals surface area contributed by atoms with Gasteiger partial charge in [-0.15, -0.1) is 0 Å². The molecule has 0 heterocycles. The van der Waals surface area contributed by atoms with Crippen LogP contribution in [0.2, 0.25) is 0 Å². The van der Waals surface area contributed by atoms with Crippen molar-refractivity contribution >= 4 is 5.69 Å². The first kappa shape index (κ1) is 15.9. The molecule has 1 aromatic carbocycles. The maximum atomic E-state index is 13.6. The Balaban J connectivity index is 2.47. The van der Waals surface area contributed by atoms with Crippen molar-refractivity contribution in [1.82, 2.24) is 5.32 Å². The van der Waals surface area contributed by atoms with Crippen LogP contribution in [-0.2, 0) is 0 Å². The predicted molar refractivity (Wildman–Crippen MR) is 78.1 cm³/mol. The Morgan fingerprint density at radius 1 is 1.37 bits per heavy atom. The molecule has 0 aliphatic heterocycles. The zero-order valence-corrected chi connectivity index (χ0v) is 12.1. The number of hydrogen-bond donors (Lipinski definition) is 2. The van der Waals surface area contributed by atoms with Gasteiger partial charge in [-0.3, -0.25) is 0 Å². The van der Waals surface area contributed by atoms with Crippen LogP contribution in [0.25, 0.3) is 0 Å². The Morgan fingerprint density at radius 2 is 2.05 bits per heavy atom. The molecule has 3 nitrogen and oxygen atoms in total. The van der Waals surface area contributed by atoms with Crippen LogP contribution in [0.3, 0.4) is 0 Å². The van der Waals surface area contributed by atoms with Crippen molar-refractivity contribution in [3.8, 4) is 0 Å². The normalized spacial score (nSPS) is 14.2. The van der Waals surface area contributed by atoms with E-state index in [1.54, 1.807) is 12.1 Å². The minimum atomic E-state index is -0.245. The number of rotatable bonds is 8. The first-order valence-electron chi connectivity index (χ1n) is 6.84. The number of aliphatic hydroxyl groups is 1. The van der Waals surface area contributed by atoms with E-state index in [2.05, 4.69) is 5.32 Å². The second kappa shape index (κ2) is 7.46. The number of benzene rings is 1. The van der Waals surface area contributed by atoms with Gasteiger partial charge in [0.15, 0.2) is 0 Å². The zero-order chi connectivity index (χ0) is 14.3. The summed E-state index contributed by atoms with van der Waals surface area (Å²) in [5.41, 5.74) is 0.377. The standard InChI is InChI=1S/C15H25FN2O/c1-4-17-15(2,12-19)10-7-11-18(3)14-9-6-5-8-13(14)16/h5-6,8-9,17,19H,4,7,10-12H2,1-3H3. The molecule has 0 saturated heterocycles. The van der Waals surface area contributed by atoms with Crippen molar-refractivity contribution < 1.29 is 9.50 Å². The molecule has 0 saturated carbocycles. The lowest BCUT2D eigenvalue weighted by Crippen LogP contribution is -2.46. The van der Waals surface area contributed by atoms with Gasteiger partial charge in [0.2, 0.25) is 0 Å². The Morgan fingerprint density at radius 3 is 2.63 bits per heavy atom. The maximum Gasteiger partial charge on any atom is 0.146 e. The minimum Gasteiger partial charge on any atom is -0.394 e. The van der Waals surface area contributed by atoms with Gasteiger partial charge in [0.25, 0.3) is 0 Å². The highest BCUT2D eigenvalue weighted by Gasteiger charge is 2.21. The van der Waals surface area contributed by atoms with Crippen LogP contribution in [0.15, 0.2) is 24.3 Å². The second-order valence-corrected chi connectivity index (χ2v) is 5.23. The first-order chi connectivity index (χ1) is 9.02. The first-order valence-corrected chi connectivity index (χ1v) is 6.84. The molecule has 0 spiro atoms. The lowest BCUT2D eigenvalue weighted by atomic mass is 9.96. The van der Waals surface area contributed by atoms with Gasteiger partial charge in [-0.05, 0) is 38.4 Å². The molecule has 0 fully saturated rings. The number of para-hydroxylation sites is 1. The summed E-state index contributed by atoms with van der Waals surface area (Å²) in [6, 6.07) is 6.79. The van der Waals surface area contributed by atoms with Crippen molar-refractivity contribution in [2.24, 2.45) is 0 Å². The summed E-state index contributed by atoms with van der Waals surface area (Å²) in [6.45, 7) is 5.76. The van der Waals surface area contributed by atoms with Crippen molar-refractivity contribution in [2.75, 3.05) is 31.6 Å². The number of nitrogens with zero attached hydrogens (tertiary/aromatic N) is 1. The van der Waals surface area contributed by atoms with Crippen LogP contribution < -0.4 is 10.2 Å². The molecule has 108 valence electrons. The zero-order valence-electron chi connectivity index (χ0n) is 12.1. The molecule has 1 atom stereocenters. The third kappa shape index (κ3) is 4.80. The molecule has 0 radical (unpaired) electrons. The van der Waals surface area contributed by atoms with Crippen molar-refractivity contribution in [3.63, 3.8) is 0 Å². The number of anilines is 1. The van der Waals surface area contributed by atoms with Crippen molar-refractivity contribution in [1.29, 1.82) is 0 Å². The fourth-order valence-electron chi connectivity index (χ4n) is 2.24. The molecule has 2 N–H and O–H groups in total. The van der Waals surface area contributed by atoms with Crippen LogP contribution in [0.4, 0.5) is 10.1 Å². The van der Waals surface area contributed by atoms with Gasteiger partial charge < -0.3 is 15.3 Å². The SMILES string of the molecule is CCNC(C)(CO)CCCN(C)c1ccccc1F.